The van der Waals surface area contributed by atoms with Crippen LogP contribution < -0.4 is 9.46 Å². The van der Waals surface area contributed by atoms with Crippen LogP contribution in [0.15, 0.2) is 17.2 Å². The number of hydrogen-bond acceptors (Lipinski definition) is 5. The maximum absolute atomic E-state index is 11.9. The Labute approximate surface area is 101 Å². The predicted molar refractivity (Wildman–Crippen MR) is 62.5 cm³/mol. The van der Waals surface area contributed by atoms with Crippen LogP contribution in [0.4, 0.5) is 0 Å². The quantitative estimate of drug-likeness (QED) is 0.842. The van der Waals surface area contributed by atoms with Crippen LogP contribution in [-0.4, -0.2) is 31.2 Å². The van der Waals surface area contributed by atoms with Gasteiger partial charge in [-0.3, -0.25) is 0 Å². The van der Waals surface area contributed by atoms with Crippen LogP contribution in [0, 0.1) is 0 Å². The summed E-state index contributed by atoms with van der Waals surface area (Å²) in [6.07, 6.45) is 0. The summed E-state index contributed by atoms with van der Waals surface area (Å²) in [4.78, 5) is 3.72. The molecule has 0 radical (unpaired) electrons. The average Bonchev–Trinajstić information content (AvgIpc) is 2.14. The molecule has 0 saturated carbocycles. The van der Waals surface area contributed by atoms with Crippen molar-refractivity contribution in [2.45, 2.75) is 31.3 Å². The van der Waals surface area contributed by atoms with Gasteiger partial charge in [0.05, 0.1) is 7.11 Å². The fourth-order valence-electron chi connectivity index (χ4n) is 1.18. The minimum atomic E-state index is -3.87. The molecule has 1 aromatic heterocycles. The van der Waals surface area contributed by atoms with Crippen molar-refractivity contribution < 1.29 is 18.3 Å². The maximum atomic E-state index is 11.9. The highest BCUT2D eigenvalue weighted by Gasteiger charge is 2.26. The molecule has 0 aliphatic carbocycles. The third-order valence-electron chi connectivity index (χ3n) is 1.72. The summed E-state index contributed by atoms with van der Waals surface area (Å²) >= 11 is 0. The van der Waals surface area contributed by atoms with Gasteiger partial charge in [0.15, 0.2) is 5.75 Å². The topological polar surface area (TPSA) is 88.5 Å². The van der Waals surface area contributed by atoms with Crippen LogP contribution in [0.25, 0.3) is 0 Å². The molecule has 0 amide bonds. The Balaban J connectivity index is 3.23. The molecule has 1 aromatic rings. The number of aromatic hydroxyl groups is 1. The fraction of sp³-hybridized carbons (Fsp3) is 0.500. The molecule has 1 rings (SSSR count). The number of pyridine rings is 1. The van der Waals surface area contributed by atoms with E-state index in [0.29, 0.717) is 0 Å². The normalized spacial score (nSPS) is 12.5. The summed E-state index contributed by atoms with van der Waals surface area (Å²) in [5, 5.41) is 9.09. The van der Waals surface area contributed by atoms with E-state index >= 15 is 0 Å². The molecule has 0 bridgehead atoms. The van der Waals surface area contributed by atoms with E-state index in [2.05, 4.69) is 9.71 Å². The molecular formula is C10H16N2O4S. The molecular weight excluding hydrogens is 244 g/mol. The van der Waals surface area contributed by atoms with Gasteiger partial charge < -0.3 is 9.84 Å². The van der Waals surface area contributed by atoms with Crippen molar-refractivity contribution in [2.24, 2.45) is 0 Å². The molecule has 0 aromatic carbocycles. The van der Waals surface area contributed by atoms with Crippen LogP contribution in [0.3, 0.4) is 0 Å². The summed E-state index contributed by atoms with van der Waals surface area (Å²) in [7, 11) is -2.50. The van der Waals surface area contributed by atoms with Gasteiger partial charge in [-0.1, -0.05) is 0 Å². The number of hydrogen-bond donors (Lipinski definition) is 2. The Kier molecular flexibility index (Phi) is 3.63. The SMILES string of the molecule is COc1ccc(O)c(S(=O)(=O)NC(C)(C)C)n1. The molecule has 0 aliphatic rings. The van der Waals surface area contributed by atoms with Crippen molar-refractivity contribution in [3.63, 3.8) is 0 Å². The van der Waals surface area contributed by atoms with Crippen LogP contribution >= 0.6 is 0 Å². The van der Waals surface area contributed by atoms with E-state index in [1.807, 2.05) is 0 Å². The maximum Gasteiger partial charge on any atom is 0.262 e. The van der Waals surface area contributed by atoms with Gasteiger partial charge in [0.2, 0.25) is 10.9 Å². The van der Waals surface area contributed by atoms with Crippen molar-refractivity contribution >= 4 is 10.0 Å². The van der Waals surface area contributed by atoms with E-state index in [0.717, 1.165) is 0 Å². The minimum Gasteiger partial charge on any atom is -0.505 e. The third kappa shape index (κ3) is 3.57. The van der Waals surface area contributed by atoms with E-state index in [-0.39, 0.29) is 5.88 Å². The third-order valence-corrected chi connectivity index (χ3v) is 3.41. The van der Waals surface area contributed by atoms with E-state index in [1.165, 1.54) is 19.2 Å². The zero-order chi connectivity index (χ0) is 13.3. The Morgan fingerprint density at radius 2 is 1.94 bits per heavy atom. The number of nitrogens with zero attached hydrogens (tertiary/aromatic N) is 1. The van der Waals surface area contributed by atoms with Crippen LogP contribution in [0.1, 0.15) is 20.8 Å². The summed E-state index contributed by atoms with van der Waals surface area (Å²) < 4.78 is 31.1. The van der Waals surface area contributed by atoms with Gasteiger partial charge in [0.25, 0.3) is 10.0 Å². The van der Waals surface area contributed by atoms with Crippen molar-refractivity contribution in [1.29, 1.82) is 0 Å². The second-order valence-electron chi connectivity index (χ2n) is 4.53. The highest BCUT2D eigenvalue weighted by atomic mass is 32.2. The number of ether oxygens (including phenoxy) is 1. The van der Waals surface area contributed by atoms with Crippen LogP contribution in [0.2, 0.25) is 0 Å². The smallest absolute Gasteiger partial charge is 0.262 e. The molecule has 1 heterocycles. The molecule has 17 heavy (non-hydrogen) atoms. The van der Waals surface area contributed by atoms with Crippen LogP contribution in [-0.2, 0) is 10.0 Å². The largest absolute Gasteiger partial charge is 0.505 e. The fourth-order valence-corrected chi connectivity index (χ4v) is 2.64. The molecule has 0 saturated heterocycles. The van der Waals surface area contributed by atoms with Crippen LogP contribution in [0.5, 0.6) is 11.6 Å². The standard InChI is InChI=1S/C10H16N2O4S/c1-10(2,3)12-17(14,15)9-7(13)5-6-8(11-9)16-4/h5-6,12-13H,1-4H3. The summed E-state index contributed by atoms with van der Waals surface area (Å²) in [6, 6.07) is 2.61. The molecule has 96 valence electrons. The summed E-state index contributed by atoms with van der Waals surface area (Å²) in [6.45, 7) is 5.09. The highest BCUT2D eigenvalue weighted by Crippen LogP contribution is 2.24. The molecule has 7 heteroatoms. The average molecular weight is 260 g/mol. The second kappa shape index (κ2) is 4.50. The second-order valence-corrected chi connectivity index (χ2v) is 6.13. The molecule has 0 atom stereocenters. The van der Waals surface area contributed by atoms with E-state index in [9.17, 15) is 13.5 Å². The predicted octanol–water partition coefficient (Wildman–Crippen LogP) is 0.873. The lowest BCUT2D eigenvalue weighted by Gasteiger charge is -2.20. The molecule has 2 N–H and O–H groups in total. The van der Waals surface area contributed by atoms with Gasteiger partial charge in [0.1, 0.15) is 0 Å². The Hall–Kier alpha value is -1.34. The first-order valence-electron chi connectivity index (χ1n) is 4.94. The summed E-state index contributed by atoms with van der Waals surface area (Å²) in [5.41, 5.74) is -0.657. The molecule has 0 spiro atoms. The van der Waals surface area contributed by atoms with Gasteiger partial charge in [-0.2, -0.15) is 4.98 Å². The van der Waals surface area contributed by atoms with Gasteiger partial charge >= 0.3 is 0 Å². The lowest BCUT2D eigenvalue weighted by atomic mass is 10.1. The zero-order valence-electron chi connectivity index (χ0n) is 10.2. The van der Waals surface area contributed by atoms with Gasteiger partial charge in [0, 0.05) is 11.6 Å². The number of aromatic nitrogens is 1. The highest BCUT2D eigenvalue weighted by molar-refractivity contribution is 7.89. The van der Waals surface area contributed by atoms with Crippen molar-refractivity contribution in [3.05, 3.63) is 12.1 Å². The van der Waals surface area contributed by atoms with Crippen molar-refractivity contribution in [3.8, 4) is 11.6 Å². The van der Waals surface area contributed by atoms with Gasteiger partial charge in [-0.15, -0.1) is 0 Å². The van der Waals surface area contributed by atoms with E-state index in [1.54, 1.807) is 20.8 Å². The first-order valence-corrected chi connectivity index (χ1v) is 6.42. The lowest BCUT2D eigenvalue weighted by molar-refractivity contribution is 0.384. The lowest BCUT2D eigenvalue weighted by Crippen LogP contribution is -2.40. The number of methoxy groups -OCH3 is 1. The molecule has 0 aliphatic heterocycles. The van der Waals surface area contributed by atoms with E-state index < -0.39 is 26.3 Å². The van der Waals surface area contributed by atoms with Gasteiger partial charge in [-0.25, -0.2) is 13.1 Å². The number of nitrogens with one attached hydrogen (secondary N) is 1. The van der Waals surface area contributed by atoms with E-state index in [4.69, 9.17) is 4.74 Å². The first-order chi connectivity index (χ1) is 7.65. The van der Waals surface area contributed by atoms with Crippen molar-refractivity contribution in [2.75, 3.05) is 7.11 Å². The Bertz CT molecular complexity index is 506. The Morgan fingerprint density at radius 3 is 2.41 bits per heavy atom. The Morgan fingerprint density at radius 1 is 1.35 bits per heavy atom. The van der Waals surface area contributed by atoms with Crippen molar-refractivity contribution in [1.82, 2.24) is 9.71 Å². The molecule has 0 fully saturated rings. The molecule has 0 unspecified atom stereocenters. The minimum absolute atomic E-state index is 0.122. The monoisotopic (exact) mass is 260 g/mol. The molecule has 6 nitrogen and oxygen atoms in total. The number of rotatable bonds is 3. The van der Waals surface area contributed by atoms with Gasteiger partial charge in [-0.05, 0) is 26.8 Å². The summed E-state index contributed by atoms with van der Waals surface area (Å²) in [5.74, 6) is -0.292. The zero-order valence-corrected chi connectivity index (χ0v) is 11.0. The number of sulfonamides is 1. The first kappa shape index (κ1) is 13.7.